The van der Waals surface area contributed by atoms with Crippen LogP contribution in [-0.2, 0) is 51.3 Å². The van der Waals surface area contributed by atoms with Gasteiger partial charge in [0.1, 0.15) is 24.2 Å². The Morgan fingerprint density at radius 3 is 1.16 bits per heavy atom. The summed E-state index contributed by atoms with van der Waals surface area (Å²) in [5, 5.41) is 11.2. The molecule has 62 heavy (non-hydrogen) atoms. The standard InChI is InChI=1S/C46H52N6O10/c1-25(2)37(41(55)47-27(5)45(59)61-7)49-43(57)39(53)33-23-51(35-15-11-9-13-31(33)35)21-29-17-19-30(20-18-29)22-52-24-34(32-14-10-12-16-36(32)52)40(54)44(58)50-38(26(3)4)42(56)48-28(6)46(60)62-8/h9-20,23-28,37-38H,21-22H2,1-8H3,(H,47,55)(H,48,56)(H,49,57)(H,50,58)/t27-,28?,37-,38-/m0/s1. The van der Waals surface area contributed by atoms with Gasteiger partial charge in [0.25, 0.3) is 23.4 Å². The van der Waals surface area contributed by atoms with Crippen molar-refractivity contribution < 1.29 is 47.8 Å². The van der Waals surface area contributed by atoms with Gasteiger partial charge in [-0.05, 0) is 48.9 Å². The van der Waals surface area contributed by atoms with Crippen molar-refractivity contribution in [2.24, 2.45) is 11.8 Å². The van der Waals surface area contributed by atoms with Crippen molar-refractivity contribution in [1.82, 2.24) is 30.4 Å². The van der Waals surface area contributed by atoms with Crippen LogP contribution in [0.4, 0.5) is 0 Å². The second kappa shape index (κ2) is 20.0. The Labute approximate surface area is 358 Å². The van der Waals surface area contributed by atoms with Crippen LogP contribution in [0.5, 0.6) is 0 Å². The number of aromatic nitrogens is 2. The molecule has 1 unspecified atom stereocenters. The number of nitrogens with one attached hydrogen (secondary N) is 4. The first-order chi connectivity index (χ1) is 29.4. The molecule has 5 aromatic rings. The minimum atomic E-state index is -1.09. The SMILES string of the molecule is COC(=O)C(C)NC(=O)[C@@H](NC(=O)C(=O)c1cn(Cc2ccc(Cn3cc(C(=O)C(=O)N[C@H](C(=O)N[C@@H](C)C(=O)OC)C(C)C)c4ccccc43)cc2)c2ccccc12)C(C)C. The van der Waals surface area contributed by atoms with E-state index in [9.17, 15) is 38.4 Å². The van der Waals surface area contributed by atoms with Gasteiger partial charge in [-0.15, -0.1) is 0 Å². The first-order valence-electron chi connectivity index (χ1n) is 20.2. The summed E-state index contributed by atoms with van der Waals surface area (Å²) in [6.07, 6.45) is 3.23. The van der Waals surface area contributed by atoms with E-state index in [2.05, 4.69) is 30.7 Å². The number of nitrogens with zero attached hydrogens (tertiary/aromatic N) is 2. The molecule has 16 nitrogen and oxygen atoms in total. The molecular formula is C46H52N6O10. The highest BCUT2D eigenvalue weighted by atomic mass is 16.5. The van der Waals surface area contributed by atoms with E-state index >= 15 is 0 Å². The Hall–Kier alpha value is -7.10. The summed E-state index contributed by atoms with van der Waals surface area (Å²) >= 11 is 0. The Morgan fingerprint density at radius 1 is 0.500 bits per heavy atom. The number of para-hydroxylation sites is 2. The summed E-state index contributed by atoms with van der Waals surface area (Å²) in [6, 6.07) is 18.0. The topological polar surface area (TPSA) is 213 Å². The fraction of sp³-hybridized carbons (Fsp3) is 0.348. The van der Waals surface area contributed by atoms with Crippen LogP contribution in [0.1, 0.15) is 73.4 Å². The number of amides is 4. The second-order valence-electron chi connectivity index (χ2n) is 15.7. The van der Waals surface area contributed by atoms with E-state index in [1.807, 2.05) is 57.7 Å². The van der Waals surface area contributed by atoms with Gasteiger partial charge in [0.15, 0.2) is 0 Å². The van der Waals surface area contributed by atoms with E-state index in [0.29, 0.717) is 34.9 Å². The average Bonchev–Trinajstić information content (AvgIpc) is 3.81. The fourth-order valence-electron chi connectivity index (χ4n) is 7.07. The molecule has 0 fully saturated rings. The predicted octanol–water partition coefficient (Wildman–Crippen LogP) is 3.70. The predicted molar refractivity (Wildman–Crippen MR) is 230 cm³/mol. The molecule has 0 aliphatic rings. The fourth-order valence-corrected chi connectivity index (χ4v) is 7.07. The maximum atomic E-state index is 13.6. The summed E-state index contributed by atoms with van der Waals surface area (Å²) in [5.41, 5.74) is 3.54. The van der Waals surface area contributed by atoms with Gasteiger partial charge in [-0.25, -0.2) is 9.59 Å². The lowest BCUT2D eigenvalue weighted by Crippen LogP contribution is -2.54. The first kappa shape index (κ1) is 46.0. The van der Waals surface area contributed by atoms with Gasteiger partial charge in [-0.3, -0.25) is 28.8 Å². The van der Waals surface area contributed by atoms with Crippen molar-refractivity contribution in [1.29, 1.82) is 0 Å². The molecule has 4 N–H and O–H groups in total. The molecule has 2 heterocycles. The quantitative estimate of drug-likeness (QED) is 0.0571. The molecule has 3 aromatic carbocycles. The second-order valence-corrected chi connectivity index (χ2v) is 15.7. The number of rotatable bonds is 18. The molecule has 0 aliphatic heterocycles. The van der Waals surface area contributed by atoms with Crippen LogP contribution >= 0.6 is 0 Å². The van der Waals surface area contributed by atoms with Crippen LogP contribution in [0.2, 0.25) is 0 Å². The zero-order chi connectivity index (χ0) is 45.4. The highest BCUT2D eigenvalue weighted by Gasteiger charge is 2.32. The maximum absolute atomic E-state index is 13.6. The van der Waals surface area contributed by atoms with Crippen LogP contribution in [0.15, 0.2) is 85.2 Å². The lowest BCUT2D eigenvalue weighted by molar-refractivity contribution is -0.145. The van der Waals surface area contributed by atoms with E-state index in [-0.39, 0.29) is 11.1 Å². The molecular weight excluding hydrogens is 797 g/mol. The third kappa shape index (κ3) is 10.4. The molecule has 0 saturated heterocycles. The number of methoxy groups -OCH3 is 2. The number of Topliss-reactive ketones (excluding diaryl/α,β-unsaturated/α-hetero) is 2. The maximum Gasteiger partial charge on any atom is 0.328 e. The molecule has 326 valence electrons. The Balaban J connectivity index is 1.31. The van der Waals surface area contributed by atoms with Crippen molar-refractivity contribution >= 4 is 68.9 Å². The molecule has 4 amide bonds. The van der Waals surface area contributed by atoms with Crippen molar-refractivity contribution in [3.63, 3.8) is 0 Å². The van der Waals surface area contributed by atoms with Crippen molar-refractivity contribution in [3.05, 3.63) is 107 Å². The van der Waals surface area contributed by atoms with Crippen molar-refractivity contribution in [2.75, 3.05) is 14.2 Å². The number of benzene rings is 3. The monoisotopic (exact) mass is 848 g/mol. The molecule has 5 rings (SSSR count). The van der Waals surface area contributed by atoms with Crippen LogP contribution in [0, 0.1) is 11.8 Å². The minimum Gasteiger partial charge on any atom is -0.467 e. The zero-order valence-electron chi connectivity index (χ0n) is 35.9. The molecule has 0 bridgehead atoms. The summed E-state index contributed by atoms with van der Waals surface area (Å²) in [5.74, 6) is -6.92. The summed E-state index contributed by atoms with van der Waals surface area (Å²) in [4.78, 5) is 104. The molecule has 4 atom stereocenters. The lowest BCUT2D eigenvalue weighted by Gasteiger charge is -2.23. The van der Waals surface area contributed by atoms with Crippen molar-refractivity contribution in [2.45, 2.75) is 78.8 Å². The van der Waals surface area contributed by atoms with E-state index in [4.69, 9.17) is 0 Å². The number of carbonyl (C=O) groups excluding carboxylic acids is 8. The highest BCUT2D eigenvalue weighted by Crippen LogP contribution is 2.26. The van der Waals surface area contributed by atoms with Gasteiger partial charge in [0.05, 0.1) is 25.3 Å². The summed E-state index contributed by atoms with van der Waals surface area (Å²) in [7, 11) is 2.40. The van der Waals surface area contributed by atoms with E-state index in [0.717, 1.165) is 11.1 Å². The Kier molecular flexibility index (Phi) is 14.8. The third-order valence-corrected chi connectivity index (χ3v) is 10.5. The smallest absolute Gasteiger partial charge is 0.328 e. The highest BCUT2D eigenvalue weighted by molar-refractivity contribution is 6.46. The van der Waals surface area contributed by atoms with Crippen LogP contribution in [-0.4, -0.2) is 94.7 Å². The van der Waals surface area contributed by atoms with E-state index in [1.165, 1.54) is 28.1 Å². The summed E-state index contributed by atoms with van der Waals surface area (Å²) < 4.78 is 13.1. The number of carbonyl (C=O) groups is 8. The average molecular weight is 849 g/mol. The van der Waals surface area contributed by atoms with Gasteiger partial charge in [-0.2, -0.15) is 0 Å². The van der Waals surface area contributed by atoms with Crippen LogP contribution in [0.3, 0.4) is 0 Å². The molecule has 16 heteroatoms. The van der Waals surface area contributed by atoms with Crippen LogP contribution < -0.4 is 21.3 Å². The number of esters is 2. The number of hydrogen-bond donors (Lipinski definition) is 4. The van der Waals surface area contributed by atoms with Gasteiger partial charge in [-0.1, -0.05) is 88.4 Å². The largest absolute Gasteiger partial charge is 0.467 e. The van der Waals surface area contributed by atoms with Gasteiger partial charge in [0, 0.05) is 47.3 Å². The lowest BCUT2D eigenvalue weighted by atomic mass is 10.0. The number of fused-ring (bicyclic) bond motifs is 2. The van der Waals surface area contributed by atoms with E-state index < -0.39 is 83.1 Å². The first-order valence-corrected chi connectivity index (χ1v) is 20.2. The van der Waals surface area contributed by atoms with Crippen LogP contribution in [0.25, 0.3) is 21.8 Å². The minimum absolute atomic E-state index is 0.162. The Bertz CT molecular complexity index is 2340. The normalized spacial score (nSPS) is 13.2. The third-order valence-electron chi connectivity index (χ3n) is 10.5. The molecule has 0 saturated carbocycles. The van der Waals surface area contributed by atoms with Gasteiger partial charge in [0.2, 0.25) is 11.8 Å². The Morgan fingerprint density at radius 2 is 0.839 bits per heavy atom. The molecule has 0 spiro atoms. The zero-order valence-corrected chi connectivity index (χ0v) is 35.9. The number of ether oxygens (including phenoxy) is 2. The summed E-state index contributed by atoms with van der Waals surface area (Å²) in [6.45, 7) is 10.5. The molecule has 0 radical (unpaired) electrons. The molecule has 0 aliphatic carbocycles. The van der Waals surface area contributed by atoms with E-state index in [1.54, 1.807) is 64.4 Å². The number of ketones is 2. The van der Waals surface area contributed by atoms with Gasteiger partial charge < -0.3 is 39.9 Å². The molecule has 2 aromatic heterocycles. The van der Waals surface area contributed by atoms with Crippen molar-refractivity contribution in [3.8, 4) is 0 Å². The van der Waals surface area contributed by atoms with Gasteiger partial charge >= 0.3 is 11.9 Å². The number of hydrogen-bond acceptors (Lipinski definition) is 10.